The number of hydrogen-bond acceptors (Lipinski definition) is 4. The van der Waals surface area contributed by atoms with E-state index in [1.54, 1.807) is 11.0 Å². The summed E-state index contributed by atoms with van der Waals surface area (Å²) >= 11 is 0. The number of piperazine rings is 1. The molecule has 1 aliphatic heterocycles. The molecule has 1 aromatic carbocycles. The summed E-state index contributed by atoms with van der Waals surface area (Å²) in [5.74, 6) is 0.563. The molecule has 0 spiro atoms. The highest BCUT2D eigenvalue weighted by Gasteiger charge is 2.18. The molecule has 1 heterocycles. The number of carbonyl (C=O) groups is 1. The van der Waals surface area contributed by atoms with Crippen LogP contribution in [0.1, 0.15) is 26.3 Å². The first-order valence-electron chi connectivity index (χ1n) is 7.34. The lowest BCUT2D eigenvalue weighted by Gasteiger charge is -2.26. The van der Waals surface area contributed by atoms with Crippen molar-refractivity contribution in [3.05, 3.63) is 29.8 Å². The Hall–Kier alpha value is -1.59. The minimum Gasteiger partial charge on any atom is -0.410 e. The smallest absolute Gasteiger partial charge is 0.410 e. The SMILES string of the molecule is CC(C)(C)OCc1cccc(OC(=O)N2CCNCC2)c1. The van der Waals surface area contributed by atoms with Crippen LogP contribution in [-0.2, 0) is 11.3 Å². The molecule has 0 aliphatic carbocycles. The lowest BCUT2D eigenvalue weighted by Crippen LogP contribution is -2.47. The van der Waals surface area contributed by atoms with Crippen LogP contribution in [0.3, 0.4) is 0 Å². The standard InChI is InChI=1S/C16H24N2O3/c1-16(2,3)20-12-13-5-4-6-14(11-13)21-15(19)18-9-7-17-8-10-18/h4-6,11,17H,7-10,12H2,1-3H3. The molecule has 2 rings (SSSR count). The van der Waals surface area contributed by atoms with Crippen molar-refractivity contribution in [1.82, 2.24) is 10.2 Å². The molecule has 1 amide bonds. The predicted octanol–water partition coefficient (Wildman–Crippen LogP) is 2.41. The van der Waals surface area contributed by atoms with Crippen molar-refractivity contribution < 1.29 is 14.3 Å². The third-order valence-corrected chi connectivity index (χ3v) is 3.15. The predicted molar refractivity (Wildman–Crippen MR) is 81.5 cm³/mol. The van der Waals surface area contributed by atoms with Crippen LogP contribution in [0.4, 0.5) is 4.79 Å². The van der Waals surface area contributed by atoms with E-state index >= 15 is 0 Å². The number of nitrogens with zero attached hydrogens (tertiary/aromatic N) is 1. The van der Waals surface area contributed by atoms with Gasteiger partial charge in [-0.2, -0.15) is 0 Å². The van der Waals surface area contributed by atoms with E-state index < -0.39 is 0 Å². The molecule has 0 radical (unpaired) electrons. The molecule has 0 bridgehead atoms. The van der Waals surface area contributed by atoms with Crippen LogP contribution in [-0.4, -0.2) is 42.8 Å². The van der Waals surface area contributed by atoms with E-state index in [1.165, 1.54) is 0 Å². The first-order valence-corrected chi connectivity index (χ1v) is 7.34. The van der Waals surface area contributed by atoms with Crippen molar-refractivity contribution in [2.75, 3.05) is 26.2 Å². The van der Waals surface area contributed by atoms with Crippen LogP contribution in [0.25, 0.3) is 0 Å². The van der Waals surface area contributed by atoms with Gasteiger partial charge < -0.3 is 19.7 Å². The Kier molecular flexibility index (Phi) is 5.20. The summed E-state index contributed by atoms with van der Waals surface area (Å²) in [7, 11) is 0. The van der Waals surface area contributed by atoms with E-state index in [9.17, 15) is 4.79 Å². The molecule has 0 unspecified atom stereocenters. The van der Waals surface area contributed by atoms with Gasteiger partial charge in [0.2, 0.25) is 0 Å². The highest BCUT2D eigenvalue weighted by atomic mass is 16.6. The van der Waals surface area contributed by atoms with Gasteiger partial charge in [-0.25, -0.2) is 4.79 Å². The van der Waals surface area contributed by atoms with Crippen molar-refractivity contribution in [2.45, 2.75) is 33.0 Å². The average Bonchev–Trinajstić information content (AvgIpc) is 2.46. The average molecular weight is 292 g/mol. The number of amides is 1. The molecule has 1 aliphatic rings. The lowest BCUT2D eigenvalue weighted by molar-refractivity contribution is -0.0150. The van der Waals surface area contributed by atoms with Crippen molar-refractivity contribution in [1.29, 1.82) is 0 Å². The van der Waals surface area contributed by atoms with E-state index in [0.29, 0.717) is 25.4 Å². The molecular weight excluding hydrogens is 268 g/mol. The topological polar surface area (TPSA) is 50.8 Å². The van der Waals surface area contributed by atoms with Crippen LogP contribution in [0.5, 0.6) is 5.75 Å². The summed E-state index contributed by atoms with van der Waals surface area (Å²) in [6, 6.07) is 7.49. The third kappa shape index (κ3) is 5.36. The van der Waals surface area contributed by atoms with Gasteiger partial charge in [0, 0.05) is 26.2 Å². The molecule has 5 nitrogen and oxygen atoms in total. The fourth-order valence-corrected chi connectivity index (χ4v) is 2.01. The van der Waals surface area contributed by atoms with Crippen molar-refractivity contribution >= 4 is 6.09 Å². The molecule has 5 heteroatoms. The van der Waals surface area contributed by atoms with Gasteiger partial charge in [-0.15, -0.1) is 0 Å². The number of nitrogens with one attached hydrogen (secondary N) is 1. The van der Waals surface area contributed by atoms with Crippen molar-refractivity contribution in [3.8, 4) is 5.75 Å². The fraction of sp³-hybridized carbons (Fsp3) is 0.562. The molecule has 1 N–H and O–H groups in total. The quantitative estimate of drug-likeness (QED) is 0.929. The molecule has 1 fully saturated rings. The monoisotopic (exact) mass is 292 g/mol. The maximum atomic E-state index is 12.0. The molecule has 1 saturated heterocycles. The molecule has 116 valence electrons. The summed E-state index contributed by atoms with van der Waals surface area (Å²) in [4.78, 5) is 13.8. The zero-order valence-corrected chi connectivity index (χ0v) is 13.0. The van der Waals surface area contributed by atoms with E-state index in [1.807, 2.05) is 39.0 Å². The van der Waals surface area contributed by atoms with Crippen molar-refractivity contribution in [2.24, 2.45) is 0 Å². The second-order valence-corrected chi connectivity index (χ2v) is 6.15. The number of ether oxygens (including phenoxy) is 2. The number of rotatable bonds is 3. The largest absolute Gasteiger partial charge is 0.415 e. The normalized spacial score (nSPS) is 15.9. The first-order chi connectivity index (χ1) is 9.94. The molecule has 0 atom stereocenters. The lowest BCUT2D eigenvalue weighted by atomic mass is 10.2. The Bertz CT molecular complexity index is 477. The van der Waals surface area contributed by atoms with Crippen LogP contribution in [0.2, 0.25) is 0 Å². The molecule has 0 saturated carbocycles. The van der Waals surface area contributed by atoms with Gasteiger partial charge in [-0.1, -0.05) is 12.1 Å². The molecule has 1 aromatic rings. The Morgan fingerprint density at radius 2 is 2.00 bits per heavy atom. The maximum absolute atomic E-state index is 12.0. The Morgan fingerprint density at radius 3 is 2.67 bits per heavy atom. The van der Waals surface area contributed by atoms with Crippen LogP contribution >= 0.6 is 0 Å². The van der Waals surface area contributed by atoms with Gasteiger partial charge >= 0.3 is 6.09 Å². The molecule has 0 aromatic heterocycles. The van der Waals surface area contributed by atoms with Gasteiger partial charge in [0.1, 0.15) is 5.75 Å². The Morgan fingerprint density at radius 1 is 1.29 bits per heavy atom. The zero-order valence-electron chi connectivity index (χ0n) is 13.0. The van der Waals surface area contributed by atoms with Crippen LogP contribution in [0, 0.1) is 0 Å². The highest BCUT2D eigenvalue weighted by molar-refractivity contribution is 5.70. The highest BCUT2D eigenvalue weighted by Crippen LogP contribution is 2.18. The second-order valence-electron chi connectivity index (χ2n) is 6.15. The number of hydrogen-bond donors (Lipinski definition) is 1. The molecular formula is C16H24N2O3. The first kappa shape index (κ1) is 15.8. The number of carbonyl (C=O) groups excluding carboxylic acids is 1. The third-order valence-electron chi connectivity index (χ3n) is 3.15. The van der Waals surface area contributed by atoms with Crippen LogP contribution < -0.4 is 10.1 Å². The van der Waals surface area contributed by atoms with Gasteiger partial charge in [-0.05, 0) is 38.5 Å². The second kappa shape index (κ2) is 6.91. The van der Waals surface area contributed by atoms with Crippen molar-refractivity contribution in [3.63, 3.8) is 0 Å². The Balaban J connectivity index is 1.92. The van der Waals surface area contributed by atoms with E-state index in [0.717, 1.165) is 18.7 Å². The summed E-state index contributed by atoms with van der Waals surface area (Å²) in [5.41, 5.74) is 0.809. The van der Waals surface area contributed by atoms with Gasteiger partial charge in [-0.3, -0.25) is 0 Å². The summed E-state index contributed by atoms with van der Waals surface area (Å²) in [6.07, 6.45) is -0.287. The minimum absolute atomic E-state index is 0.187. The molecule has 21 heavy (non-hydrogen) atoms. The van der Waals surface area contributed by atoms with Gasteiger partial charge in [0.05, 0.1) is 12.2 Å². The van der Waals surface area contributed by atoms with Gasteiger partial charge in [0.25, 0.3) is 0 Å². The zero-order chi connectivity index (χ0) is 15.3. The summed E-state index contributed by atoms with van der Waals surface area (Å²) in [5, 5.41) is 3.21. The maximum Gasteiger partial charge on any atom is 0.415 e. The van der Waals surface area contributed by atoms with Gasteiger partial charge in [0.15, 0.2) is 0 Å². The summed E-state index contributed by atoms with van der Waals surface area (Å²) < 4.78 is 11.2. The number of benzene rings is 1. The fourth-order valence-electron chi connectivity index (χ4n) is 2.01. The van der Waals surface area contributed by atoms with E-state index in [-0.39, 0.29) is 11.7 Å². The van der Waals surface area contributed by atoms with E-state index in [4.69, 9.17) is 9.47 Å². The minimum atomic E-state index is -0.287. The van der Waals surface area contributed by atoms with E-state index in [2.05, 4.69) is 5.32 Å². The summed E-state index contributed by atoms with van der Waals surface area (Å²) in [6.45, 7) is 9.55. The Labute approximate surface area is 126 Å². The van der Waals surface area contributed by atoms with Crippen LogP contribution in [0.15, 0.2) is 24.3 Å².